The summed E-state index contributed by atoms with van der Waals surface area (Å²) in [5.74, 6) is 2.82. The summed E-state index contributed by atoms with van der Waals surface area (Å²) in [7, 11) is 0. The summed E-state index contributed by atoms with van der Waals surface area (Å²) in [5, 5.41) is 10.4. The molecule has 1 heterocycles. The van der Waals surface area contributed by atoms with Crippen LogP contribution in [0, 0.1) is 29.6 Å². The number of aliphatic hydroxyl groups excluding tert-OH is 1. The van der Waals surface area contributed by atoms with Gasteiger partial charge in [0.1, 0.15) is 23.2 Å². The molecule has 4 fully saturated rings. The van der Waals surface area contributed by atoms with Crippen molar-refractivity contribution in [3.05, 3.63) is 11.3 Å². The molecule has 4 bridgehead atoms. The fourth-order valence-corrected chi connectivity index (χ4v) is 5.56. The number of nitrogens with zero attached hydrogens (tertiary/aromatic N) is 1. The van der Waals surface area contributed by atoms with Gasteiger partial charge in [-0.2, -0.15) is 0 Å². The molecule has 108 valence electrons. The molecule has 0 saturated heterocycles. The third-order valence-electron chi connectivity index (χ3n) is 5.98. The van der Waals surface area contributed by atoms with E-state index in [4.69, 9.17) is 11.5 Å². The summed E-state index contributed by atoms with van der Waals surface area (Å²) in [4.78, 5) is 15.8. The van der Waals surface area contributed by atoms with E-state index in [9.17, 15) is 9.90 Å². The molecule has 4 saturated carbocycles. The average Bonchev–Trinajstić information content (AvgIpc) is 2.63. The van der Waals surface area contributed by atoms with E-state index in [-0.39, 0.29) is 23.2 Å². The molecule has 0 spiro atoms. The molecule has 20 heavy (non-hydrogen) atoms. The lowest BCUT2D eigenvalue weighted by Gasteiger charge is -2.55. The molecule has 5 N–H and O–H groups in total. The van der Waals surface area contributed by atoms with Crippen LogP contribution in [-0.4, -0.2) is 22.9 Å². The van der Waals surface area contributed by atoms with Crippen molar-refractivity contribution in [2.45, 2.75) is 38.1 Å². The third-order valence-corrected chi connectivity index (χ3v) is 5.98. The lowest BCUT2D eigenvalue weighted by molar-refractivity contribution is -0.114. The van der Waals surface area contributed by atoms with Crippen LogP contribution in [0.25, 0.3) is 0 Å². The maximum Gasteiger partial charge on any atom is 0.255 e. The number of hydrogen-bond acceptors (Lipinski definition) is 4. The van der Waals surface area contributed by atoms with E-state index in [1.807, 2.05) is 0 Å². The highest BCUT2D eigenvalue weighted by Crippen LogP contribution is 2.58. The zero-order valence-electron chi connectivity index (χ0n) is 11.5. The Hall–Kier alpha value is -1.52. The molecule has 0 aromatic heterocycles. The van der Waals surface area contributed by atoms with Gasteiger partial charge in [0.25, 0.3) is 5.91 Å². The first-order chi connectivity index (χ1) is 9.54. The predicted octanol–water partition coefficient (Wildman–Crippen LogP) is 1.10. The fraction of sp³-hybridized carbons (Fsp3) is 0.733. The SMILES string of the molecule is NC(=O)C1=C(O)C(C2C3CC4CC(C3)CC2C4)N=C1N. The topological polar surface area (TPSA) is 102 Å². The maximum atomic E-state index is 11.4. The minimum atomic E-state index is -0.671. The first-order valence-electron chi connectivity index (χ1n) is 7.61. The van der Waals surface area contributed by atoms with E-state index in [0.717, 1.165) is 11.8 Å². The van der Waals surface area contributed by atoms with Crippen LogP contribution in [-0.2, 0) is 4.79 Å². The Bertz CT molecular complexity index is 509. The van der Waals surface area contributed by atoms with Gasteiger partial charge in [0.15, 0.2) is 0 Å². The largest absolute Gasteiger partial charge is 0.509 e. The summed E-state index contributed by atoms with van der Waals surface area (Å²) < 4.78 is 0. The lowest BCUT2D eigenvalue weighted by Crippen LogP contribution is -2.49. The van der Waals surface area contributed by atoms with Crippen molar-refractivity contribution in [2.75, 3.05) is 0 Å². The Morgan fingerprint density at radius 1 is 1.10 bits per heavy atom. The number of amides is 1. The number of rotatable bonds is 2. The molecular weight excluding hydrogens is 254 g/mol. The minimum absolute atomic E-state index is 0.0208. The van der Waals surface area contributed by atoms with Crippen molar-refractivity contribution in [2.24, 2.45) is 46.0 Å². The molecule has 1 aliphatic heterocycles. The van der Waals surface area contributed by atoms with E-state index in [2.05, 4.69) is 4.99 Å². The normalized spacial score (nSPS) is 45.9. The first kappa shape index (κ1) is 12.2. The van der Waals surface area contributed by atoms with Crippen molar-refractivity contribution in [1.82, 2.24) is 0 Å². The maximum absolute atomic E-state index is 11.4. The van der Waals surface area contributed by atoms with Gasteiger partial charge in [-0.3, -0.25) is 9.79 Å². The van der Waals surface area contributed by atoms with Gasteiger partial charge in [-0.1, -0.05) is 0 Å². The summed E-state index contributed by atoms with van der Waals surface area (Å²) >= 11 is 0. The molecule has 4 aliphatic carbocycles. The van der Waals surface area contributed by atoms with Crippen molar-refractivity contribution >= 4 is 11.7 Å². The number of carbonyl (C=O) groups is 1. The Labute approximate surface area is 118 Å². The summed E-state index contributed by atoms with van der Waals surface area (Å²) in [6.45, 7) is 0. The molecule has 0 aromatic carbocycles. The van der Waals surface area contributed by atoms with Crippen LogP contribution in [0.5, 0.6) is 0 Å². The highest BCUT2D eigenvalue weighted by Gasteiger charge is 2.52. The molecule has 5 nitrogen and oxygen atoms in total. The molecule has 5 aliphatic rings. The monoisotopic (exact) mass is 275 g/mol. The van der Waals surface area contributed by atoms with Crippen molar-refractivity contribution in [3.8, 4) is 0 Å². The van der Waals surface area contributed by atoms with Crippen LogP contribution in [0.2, 0.25) is 0 Å². The van der Waals surface area contributed by atoms with Crippen LogP contribution in [0.4, 0.5) is 0 Å². The van der Waals surface area contributed by atoms with Crippen molar-refractivity contribution < 1.29 is 9.90 Å². The van der Waals surface area contributed by atoms with Gasteiger partial charge in [0, 0.05) is 0 Å². The number of amidine groups is 1. The van der Waals surface area contributed by atoms with Crippen LogP contribution >= 0.6 is 0 Å². The van der Waals surface area contributed by atoms with E-state index in [1.165, 1.54) is 32.1 Å². The predicted molar refractivity (Wildman–Crippen MR) is 74.8 cm³/mol. The van der Waals surface area contributed by atoms with Crippen LogP contribution in [0.1, 0.15) is 32.1 Å². The zero-order chi connectivity index (χ0) is 14.0. The second-order valence-corrected chi connectivity index (χ2v) is 7.09. The van der Waals surface area contributed by atoms with Crippen LogP contribution < -0.4 is 11.5 Å². The molecule has 1 atom stereocenters. The van der Waals surface area contributed by atoms with Gasteiger partial charge >= 0.3 is 0 Å². The number of primary amides is 1. The second kappa shape index (κ2) is 3.99. The summed E-state index contributed by atoms with van der Waals surface area (Å²) in [5.41, 5.74) is 11.1. The number of carbonyl (C=O) groups excluding carboxylic acids is 1. The molecule has 5 heteroatoms. The standard InChI is InChI=1S/C15H21N3O2/c16-14-11(15(17)20)13(19)12(18-14)10-8-2-6-1-7(4-8)5-9(10)3-6/h6-10,12,19H,1-5H2,(H2,16,18)(H2,17,20). The van der Waals surface area contributed by atoms with Crippen molar-refractivity contribution in [3.63, 3.8) is 0 Å². The smallest absolute Gasteiger partial charge is 0.255 e. The Balaban J connectivity index is 1.68. The number of aliphatic imine (C=N–C) groups is 1. The highest BCUT2D eigenvalue weighted by atomic mass is 16.3. The van der Waals surface area contributed by atoms with E-state index < -0.39 is 5.91 Å². The quantitative estimate of drug-likeness (QED) is 0.703. The highest BCUT2D eigenvalue weighted by molar-refractivity contribution is 6.21. The van der Waals surface area contributed by atoms with Gasteiger partial charge in [0.05, 0.1) is 0 Å². The van der Waals surface area contributed by atoms with Crippen LogP contribution in [0.3, 0.4) is 0 Å². The van der Waals surface area contributed by atoms with E-state index in [0.29, 0.717) is 17.8 Å². The fourth-order valence-electron chi connectivity index (χ4n) is 5.56. The molecule has 1 amide bonds. The molecule has 5 rings (SSSR count). The Morgan fingerprint density at radius 2 is 1.65 bits per heavy atom. The van der Waals surface area contributed by atoms with Gasteiger partial charge in [-0.05, 0) is 61.7 Å². The minimum Gasteiger partial charge on any atom is -0.509 e. The van der Waals surface area contributed by atoms with Gasteiger partial charge in [-0.25, -0.2) is 0 Å². The Morgan fingerprint density at radius 3 is 2.10 bits per heavy atom. The van der Waals surface area contributed by atoms with E-state index >= 15 is 0 Å². The molecular formula is C15H21N3O2. The van der Waals surface area contributed by atoms with Crippen molar-refractivity contribution in [1.29, 1.82) is 0 Å². The average molecular weight is 275 g/mol. The number of nitrogens with two attached hydrogens (primary N) is 2. The van der Waals surface area contributed by atoms with Gasteiger partial charge in [0.2, 0.25) is 0 Å². The number of aliphatic hydroxyl groups is 1. The third kappa shape index (κ3) is 1.55. The van der Waals surface area contributed by atoms with Crippen LogP contribution in [0.15, 0.2) is 16.3 Å². The lowest BCUT2D eigenvalue weighted by atomic mass is 9.50. The molecule has 0 aromatic rings. The van der Waals surface area contributed by atoms with Gasteiger partial charge in [-0.15, -0.1) is 0 Å². The first-order valence-corrected chi connectivity index (χ1v) is 7.61. The second-order valence-electron chi connectivity index (χ2n) is 7.09. The summed E-state index contributed by atoms with van der Waals surface area (Å²) in [6.07, 6.45) is 6.40. The Kier molecular flexibility index (Phi) is 2.44. The zero-order valence-corrected chi connectivity index (χ0v) is 11.5. The van der Waals surface area contributed by atoms with Gasteiger partial charge < -0.3 is 16.6 Å². The molecule has 0 radical (unpaired) electrons. The summed E-state index contributed by atoms with van der Waals surface area (Å²) in [6, 6.07) is -0.326. The van der Waals surface area contributed by atoms with E-state index in [1.54, 1.807) is 0 Å². The molecule has 1 unspecified atom stereocenters. The number of hydrogen-bond donors (Lipinski definition) is 3.